The second kappa shape index (κ2) is 7.97. The lowest BCUT2D eigenvalue weighted by molar-refractivity contribution is 0.0711. The van der Waals surface area contributed by atoms with E-state index in [1.165, 1.54) is 16.6 Å². The van der Waals surface area contributed by atoms with Gasteiger partial charge in [0.2, 0.25) is 0 Å². The highest BCUT2D eigenvalue weighted by Gasteiger charge is 2.26. The molecule has 1 aliphatic rings. The predicted molar refractivity (Wildman–Crippen MR) is 110 cm³/mol. The van der Waals surface area contributed by atoms with Gasteiger partial charge in [-0.05, 0) is 55.5 Å². The molecule has 0 spiro atoms. The number of benzene rings is 2. The van der Waals surface area contributed by atoms with Crippen molar-refractivity contribution in [3.8, 4) is 11.5 Å². The van der Waals surface area contributed by atoms with Crippen LogP contribution in [0.4, 0.5) is 0 Å². The van der Waals surface area contributed by atoms with Gasteiger partial charge in [-0.1, -0.05) is 18.2 Å². The average molecular weight is 378 g/mol. The normalized spacial score (nSPS) is 15.0. The van der Waals surface area contributed by atoms with Crippen molar-refractivity contribution in [2.24, 2.45) is 0 Å². The number of methoxy groups -OCH3 is 1. The van der Waals surface area contributed by atoms with Crippen LogP contribution in [0.3, 0.4) is 0 Å². The van der Waals surface area contributed by atoms with Gasteiger partial charge in [0.25, 0.3) is 5.91 Å². The number of nitrogens with zero attached hydrogens (tertiary/aromatic N) is 1. The molecule has 1 fully saturated rings. The summed E-state index contributed by atoms with van der Waals surface area (Å²) in [5.41, 5.74) is 3.10. The van der Waals surface area contributed by atoms with Crippen LogP contribution < -0.4 is 9.47 Å². The minimum absolute atomic E-state index is 0.0544. The Morgan fingerprint density at radius 2 is 1.89 bits per heavy atom. The Labute approximate surface area is 165 Å². The summed E-state index contributed by atoms with van der Waals surface area (Å²) in [6.07, 6.45) is 1.93. The lowest BCUT2D eigenvalue weighted by Crippen LogP contribution is -2.38. The van der Waals surface area contributed by atoms with E-state index < -0.39 is 0 Å². The van der Waals surface area contributed by atoms with Crippen LogP contribution in [0.2, 0.25) is 0 Å². The van der Waals surface area contributed by atoms with Crippen molar-refractivity contribution < 1.29 is 14.3 Å². The maximum Gasteiger partial charge on any atom is 0.253 e. The van der Waals surface area contributed by atoms with E-state index in [2.05, 4.69) is 35.3 Å². The maximum atomic E-state index is 13.0. The van der Waals surface area contributed by atoms with Crippen molar-refractivity contribution in [3.05, 3.63) is 59.8 Å². The van der Waals surface area contributed by atoms with Crippen LogP contribution in [0.1, 0.15) is 41.7 Å². The molecule has 1 saturated heterocycles. The molecule has 1 N–H and O–H groups in total. The van der Waals surface area contributed by atoms with Crippen molar-refractivity contribution >= 4 is 16.8 Å². The molecule has 1 amide bonds. The number of amides is 1. The molecule has 5 heteroatoms. The largest absolute Gasteiger partial charge is 0.493 e. The molecule has 1 aromatic heterocycles. The molecule has 146 valence electrons. The number of fused-ring (bicyclic) bond motifs is 1. The van der Waals surface area contributed by atoms with E-state index in [4.69, 9.17) is 9.47 Å². The summed E-state index contributed by atoms with van der Waals surface area (Å²) in [6.45, 7) is 3.97. The smallest absolute Gasteiger partial charge is 0.253 e. The number of likely N-dealkylation sites (tertiary alicyclic amines) is 1. The van der Waals surface area contributed by atoms with Crippen LogP contribution in [0, 0.1) is 0 Å². The molecule has 2 heterocycles. The molecule has 0 bridgehead atoms. The molecule has 28 heavy (non-hydrogen) atoms. The predicted octanol–water partition coefficient (Wildman–Crippen LogP) is 4.60. The number of carbonyl (C=O) groups is 1. The number of aromatic amines is 1. The first kappa shape index (κ1) is 18.4. The van der Waals surface area contributed by atoms with E-state index in [-0.39, 0.29) is 5.91 Å². The van der Waals surface area contributed by atoms with Gasteiger partial charge in [0, 0.05) is 35.8 Å². The van der Waals surface area contributed by atoms with Crippen molar-refractivity contribution in [2.75, 3.05) is 26.8 Å². The zero-order valence-corrected chi connectivity index (χ0v) is 16.4. The first-order valence-electron chi connectivity index (χ1n) is 9.87. The van der Waals surface area contributed by atoms with Crippen molar-refractivity contribution in [1.29, 1.82) is 0 Å². The lowest BCUT2D eigenvalue weighted by atomic mass is 9.93. The summed E-state index contributed by atoms with van der Waals surface area (Å²) in [5, 5.41) is 1.25. The molecular formula is C23H26N2O3. The summed E-state index contributed by atoms with van der Waals surface area (Å²) in [5.74, 6) is 1.78. The van der Waals surface area contributed by atoms with Crippen molar-refractivity contribution in [2.45, 2.75) is 25.7 Å². The van der Waals surface area contributed by atoms with E-state index in [0.717, 1.165) is 25.9 Å². The first-order valence-corrected chi connectivity index (χ1v) is 9.87. The second-order valence-electron chi connectivity index (χ2n) is 7.18. The zero-order valence-electron chi connectivity index (χ0n) is 16.4. The van der Waals surface area contributed by atoms with Gasteiger partial charge in [0.15, 0.2) is 11.5 Å². The van der Waals surface area contributed by atoms with E-state index in [1.54, 1.807) is 19.2 Å². The van der Waals surface area contributed by atoms with Gasteiger partial charge in [0.1, 0.15) is 0 Å². The van der Waals surface area contributed by atoms with Crippen LogP contribution in [-0.2, 0) is 0 Å². The standard InChI is InChI=1S/C23H26N2O3/c1-3-28-22-15-18(8-9-21(22)27-2)23(26)25-12-10-16(11-13-25)20-14-17-6-4-5-7-19(17)24-20/h4-9,14-16,24H,3,10-13H2,1-2H3. The van der Waals surface area contributed by atoms with Gasteiger partial charge in [-0.2, -0.15) is 0 Å². The molecule has 0 saturated carbocycles. The minimum Gasteiger partial charge on any atom is -0.493 e. The van der Waals surface area contributed by atoms with E-state index in [0.29, 0.717) is 29.6 Å². The van der Waals surface area contributed by atoms with Crippen LogP contribution in [-0.4, -0.2) is 42.6 Å². The van der Waals surface area contributed by atoms with Gasteiger partial charge >= 0.3 is 0 Å². The summed E-state index contributed by atoms with van der Waals surface area (Å²) in [4.78, 5) is 18.4. The van der Waals surface area contributed by atoms with E-state index in [9.17, 15) is 4.79 Å². The highest BCUT2D eigenvalue weighted by Crippen LogP contribution is 2.32. The number of carbonyl (C=O) groups excluding carboxylic acids is 1. The Morgan fingerprint density at radius 3 is 2.61 bits per heavy atom. The Hall–Kier alpha value is -2.95. The monoisotopic (exact) mass is 378 g/mol. The number of nitrogens with one attached hydrogen (secondary N) is 1. The molecule has 2 aromatic carbocycles. The highest BCUT2D eigenvalue weighted by atomic mass is 16.5. The number of rotatable bonds is 5. The van der Waals surface area contributed by atoms with Crippen LogP contribution in [0.15, 0.2) is 48.5 Å². The quantitative estimate of drug-likeness (QED) is 0.706. The molecule has 0 atom stereocenters. The fourth-order valence-electron chi connectivity index (χ4n) is 3.97. The number of hydrogen-bond acceptors (Lipinski definition) is 3. The van der Waals surface area contributed by atoms with Crippen molar-refractivity contribution in [3.63, 3.8) is 0 Å². The van der Waals surface area contributed by atoms with Crippen LogP contribution in [0.5, 0.6) is 11.5 Å². The highest BCUT2D eigenvalue weighted by molar-refractivity contribution is 5.95. The molecular weight excluding hydrogens is 352 g/mol. The Bertz CT molecular complexity index is 938. The summed E-state index contributed by atoms with van der Waals surface area (Å²) < 4.78 is 10.9. The topological polar surface area (TPSA) is 54.6 Å². The Balaban J connectivity index is 1.44. The molecule has 5 nitrogen and oxygen atoms in total. The molecule has 0 radical (unpaired) electrons. The first-order chi connectivity index (χ1) is 13.7. The van der Waals surface area contributed by atoms with Gasteiger partial charge in [0.05, 0.1) is 13.7 Å². The Morgan fingerprint density at radius 1 is 1.11 bits per heavy atom. The number of para-hydroxylation sites is 1. The number of ether oxygens (including phenoxy) is 2. The third-order valence-electron chi connectivity index (χ3n) is 5.48. The third kappa shape index (κ3) is 3.57. The summed E-state index contributed by atoms with van der Waals surface area (Å²) >= 11 is 0. The third-order valence-corrected chi connectivity index (χ3v) is 5.48. The van der Waals surface area contributed by atoms with Gasteiger partial charge in [-0.15, -0.1) is 0 Å². The van der Waals surface area contributed by atoms with E-state index >= 15 is 0 Å². The number of hydrogen-bond donors (Lipinski definition) is 1. The fourth-order valence-corrected chi connectivity index (χ4v) is 3.97. The molecule has 4 rings (SSSR count). The molecule has 0 aliphatic carbocycles. The fraction of sp³-hybridized carbons (Fsp3) is 0.348. The molecule has 3 aromatic rings. The average Bonchev–Trinajstić information content (AvgIpc) is 3.18. The number of piperidine rings is 1. The SMILES string of the molecule is CCOc1cc(C(=O)N2CCC(c3cc4ccccc4[nH]3)CC2)ccc1OC. The lowest BCUT2D eigenvalue weighted by Gasteiger charge is -2.31. The van der Waals surface area contributed by atoms with Crippen molar-refractivity contribution in [1.82, 2.24) is 9.88 Å². The molecule has 0 unspecified atom stereocenters. The summed E-state index contributed by atoms with van der Waals surface area (Å²) in [6, 6.07) is 16.0. The summed E-state index contributed by atoms with van der Waals surface area (Å²) in [7, 11) is 1.61. The Kier molecular flexibility index (Phi) is 5.24. The zero-order chi connectivity index (χ0) is 19.5. The molecule has 1 aliphatic heterocycles. The maximum absolute atomic E-state index is 13.0. The second-order valence-corrected chi connectivity index (χ2v) is 7.18. The van der Waals surface area contributed by atoms with Gasteiger partial charge < -0.3 is 19.4 Å². The number of aromatic nitrogens is 1. The number of H-pyrrole nitrogens is 1. The van der Waals surface area contributed by atoms with Crippen LogP contribution >= 0.6 is 0 Å². The van der Waals surface area contributed by atoms with Crippen LogP contribution in [0.25, 0.3) is 10.9 Å². The minimum atomic E-state index is 0.0544. The van der Waals surface area contributed by atoms with Gasteiger partial charge in [-0.3, -0.25) is 4.79 Å². The van der Waals surface area contributed by atoms with E-state index in [1.807, 2.05) is 17.9 Å². The van der Waals surface area contributed by atoms with Gasteiger partial charge in [-0.25, -0.2) is 0 Å².